The van der Waals surface area contributed by atoms with Crippen LogP contribution in [-0.2, 0) is 9.53 Å². The summed E-state index contributed by atoms with van der Waals surface area (Å²) in [5.41, 5.74) is -0.715. The Morgan fingerprint density at radius 2 is 1.90 bits per heavy atom. The fraction of sp³-hybridized carbons (Fsp3) is 0.385. The summed E-state index contributed by atoms with van der Waals surface area (Å²) < 4.78 is 6.72. The molecule has 0 atom stereocenters. The summed E-state index contributed by atoms with van der Waals surface area (Å²) in [4.78, 5) is 23.5. The Hall–Kier alpha value is -1.12. The molecular weight excluding hydrogens is 408 g/mol. The van der Waals surface area contributed by atoms with E-state index in [0.717, 1.165) is 4.47 Å². The highest BCUT2D eigenvalue weighted by Gasteiger charge is 2.41. The Morgan fingerprint density at radius 3 is 2.48 bits per heavy atom. The number of carboxylic acids is 1. The molecule has 1 aromatic rings. The van der Waals surface area contributed by atoms with Gasteiger partial charge in [-0.2, -0.15) is 0 Å². The highest BCUT2D eigenvalue weighted by Crippen LogP contribution is 2.27. The average Bonchev–Trinajstić information content (AvgIpc) is 2.43. The Morgan fingerprint density at radius 1 is 1.24 bits per heavy atom. The second-order valence-electron chi connectivity index (χ2n) is 4.70. The maximum absolute atomic E-state index is 12.1. The number of benzene rings is 1. The second-order valence-corrected chi connectivity index (χ2v) is 6.47. The molecule has 1 saturated heterocycles. The van der Waals surface area contributed by atoms with Crippen LogP contribution in [0.25, 0.3) is 0 Å². The number of hydrogen-bond donors (Lipinski definition) is 3. The normalized spacial score (nSPS) is 17.0. The van der Waals surface area contributed by atoms with Crippen LogP contribution in [0.2, 0.25) is 0 Å². The lowest BCUT2D eigenvalue weighted by molar-refractivity contribution is -0.148. The predicted octanol–water partition coefficient (Wildman–Crippen LogP) is 2.97. The van der Waals surface area contributed by atoms with E-state index in [1.807, 2.05) is 0 Å². The van der Waals surface area contributed by atoms with Crippen LogP contribution in [0.4, 0.5) is 10.5 Å². The van der Waals surface area contributed by atoms with E-state index in [-0.39, 0.29) is 12.8 Å². The van der Waals surface area contributed by atoms with Crippen LogP contribution >= 0.6 is 31.9 Å². The van der Waals surface area contributed by atoms with Crippen LogP contribution in [0, 0.1) is 0 Å². The van der Waals surface area contributed by atoms with Crippen molar-refractivity contribution in [3.8, 4) is 0 Å². The summed E-state index contributed by atoms with van der Waals surface area (Å²) in [6, 6.07) is 4.73. The predicted molar refractivity (Wildman–Crippen MR) is 84.4 cm³/mol. The summed E-state index contributed by atoms with van der Waals surface area (Å²) in [6.07, 6.45) is 0.495. The molecule has 0 aliphatic carbocycles. The lowest BCUT2D eigenvalue weighted by atomic mass is 9.90. The van der Waals surface area contributed by atoms with Crippen molar-refractivity contribution in [2.75, 3.05) is 18.5 Å². The van der Waals surface area contributed by atoms with Gasteiger partial charge in [0.2, 0.25) is 0 Å². The molecule has 0 radical (unpaired) electrons. The lowest BCUT2D eigenvalue weighted by Gasteiger charge is -2.33. The summed E-state index contributed by atoms with van der Waals surface area (Å²) in [7, 11) is 0. The first-order valence-corrected chi connectivity index (χ1v) is 7.87. The van der Waals surface area contributed by atoms with E-state index >= 15 is 0 Å². The summed E-state index contributed by atoms with van der Waals surface area (Å²) in [5, 5.41) is 14.6. The molecule has 0 unspecified atom stereocenters. The smallest absolute Gasteiger partial charge is 0.329 e. The zero-order valence-electron chi connectivity index (χ0n) is 11.0. The minimum Gasteiger partial charge on any atom is -0.480 e. The first-order chi connectivity index (χ1) is 9.93. The molecule has 0 aromatic heterocycles. The van der Waals surface area contributed by atoms with Gasteiger partial charge in [-0.15, -0.1) is 0 Å². The van der Waals surface area contributed by atoms with E-state index in [0.29, 0.717) is 23.4 Å². The fourth-order valence-electron chi connectivity index (χ4n) is 2.07. The molecular formula is C13H14Br2N2O4. The molecule has 2 rings (SSSR count). The number of ether oxygens (including phenoxy) is 1. The highest BCUT2D eigenvalue weighted by molar-refractivity contribution is 9.11. The third-order valence-corrected chi connectivity index (χ3v) is 4.44. The Labute approximate surface area is 138 Å². The number of rotatable bonds is 3. The van der Waals surface area contributed by atoms with E-state index in [1.165, 1.54) is 0 Å². The number of halogens is 2. The van der Waals surface area contributed by atoms with Gasteiger partial charge < -0.3 is 20.5 Å². The molecule has 1 heterocycles. The molecule has 1 fully saturated rings. The molecule has 8 heteroatoms. The number of carbonyl (C=O) groups is 2. The van der Waals surface area contributed by atoms with Crippen LogP contribution in [-0.4, -0.2) is 35.9 Å². The monoisotopic (exact) mass is 420 g/mol. The van der Waals surface area contributed by atoms with Crippen molar-refractivity contribution < 1.29 is 19.4 Å². The quantitative estimate of drug-likeness (QED) is 0.700. The lowest BCUT2D eigenvalue weighted by Crippen LogP contribution is -2.58. The topological polar surface area (TPSA) is 87.7 Å². The van der Waals surface area contributed by atoms with Crippen molar-refractivity contribution in [2.45, 2.75) is 18.4 Å². The third kappa shape index (κ3) is 3.96. The number of amides is 2. The first kappa shape index (κ1) is 16.3. The van der Waals surface area contributed by atoms with Gasteiger partial charge >= 0.3 is 12.0 Å². The van der Waals surface area contributed by atoms with E-state index in [1.54, 1.807) is 18.2 Å². The third-order valence-electron chi connectivity index (χ3n) is 3.29. The van der Waals surface area contributed by atoms with Crippen molar-refractivity contribution in [1.82, 2.24) is 5.32 Å². The number of nitrogens with one attached hydrogen (secondary N) is 2. The molecule has 114 valence electrons. The Balaban J connectivity index is 2.07. The van der Waals surface area contributed by atoms with Crippen molar-refractivity contribution in [3.05, 3.63) is 27.1 Å². The van der Waals surface area contributed by atoms with Crippen molar-refractivity contribution in [2.24, 2.45) is 0 Å². The molecule has 1 aromatic carbocycles. The second kappa shape index (κ2) is 6.76. The van der Waals surface area contributed by atoms with Gasteiger partial charge in [0.25, 0.3) is 0 Å². The van der Waals surface area contributed by atoms with Crippen LogP contribution in [0.5, 0.6) is 0 Å². The number of aliphatic carboxylic acids is 1. The van der Waals surface area contributed by atoms with Gasteiger partial charge in [0.1, 0.15) is 5.54 Å². The van der Waals surface area contributed by atoms with Crippen molar-refractivity contribution >= 4 is 49.5 Å². The SMILES string of the molecule is O=C(Nc1ccc(Br)cc1Br)NC1(C(=O)O)CCOCC1. The number of anilines is 1. The van der Waals surface area contributed by atoms with Gasteiger partial charge in [-0.3, -0.25) is 0 Å². The first-order valence-electron chi connectivity index (χ1n) is 6.28. The molecule has 2 amide bonds. The van der Waals surface area contributed by atoms with Gasteiger partial charge in [-0.1, -0.05) is 15.9 Å². The van der Waals surface area contributed by atoms with Crippen molar-refractivity contribution in [1.29, 1.82) is 0 Å². The van der Waals surface area contributed by atoms with E-state index in [2.05, 4.69) is 42.5 Å². The Kier molecular flexibility index (Phi) is 5.23. The fourth-order valence-corrected chi connectivity index (χ4v) is 3.22. The van der Waals surface area contributed by atoms with Crippen LogP contribution in [0.3, 0.4) is 0 Å². The zero-order valence-corrected chi connectivity index (χ0v) is 14.2. The number of urea groups is 1. The number of carbonyl (C=O) groups excluding carboxylic acids is 1. The van der Waals surface area contributed by atoms with Gasteiger partial charge in [-0.25, -0.2) is 9.59 Å². The largest absolute Gasteiger partial charge is 0.480 e. The molecule has 1 aliphatic heterocycles. The summed E-state index contributed by atoms with van der Waals surface area (Å²) >= 11 is 6.65. The maximum Gasteiger partial charge on any atom is 0.329 e. The van der Waals surface area contributed by atoms with Gasteiger partial charge in [-0.05, 0) is 34.1 Å². The van der Waals surface area contributed by atoms with Gasteiger partial charge in [0, 0.05) is 35.0 Å². The molecule has 1 aliphatic rings. The molecule has 0 spiro atoms. The van der Waals surface area contributed by atoms with Crippen LogP contribution in [0.1, 0.15) is 12.8 Å². The van der Waals surface area contributed by atoms with Crippen LogP contribution < -0.4 is 10.6 Å². The van der Waals surface area contributed by atoms with E-state index in [4.69, 9.17) is 4.74 Å². The minimum absolute atomic E-state index is 0.247. The number of carboxylic acid groups (broad SMARTS) is 1. The van der Waals surface area contributed by atoms with Gasteiger partial charge in [0.05, 0.1) is 5.69 Å². The van der Waals surface area contributed by atoms with Crippen molar-refractivity contribution in [3.63, 3.8) is 0 Å². The molecule has 3 N–H and O–H groups in total. The van der Waals surface area contributed by atoms with Gasteiger partial charge in [0.15, 0.2) is 0 Å². The molecule has 0 saturated carbocycles. The molecule has 0 bridgehead atoms. The molecule has 6 nitrogen and oxygen atoms in total. The summed E-state index contributed by atoms with van der Waals surface area (Å²) in [6.45, 7) is 0.628. The zero-order chi connectivity index (χ0) is 15.5. The standard InChI is InChI=1S/C13H14Br2N2O4/c14-8-1-2-10(9(15)7-8)16-12(20)17-13(11(18)19)3-5-21-6-4-13/h1-2,7H,3-6H2,(H,18,19)(H2,16,17,20). The van der Waals surface area contributed by atoms with E-state index in [9.17, 15) is 14.7 Å². The number of hydrogen-bond acceptors (Lipinski definition) is 3. The maximum atomic E-state index is 12.1. The Bertz CT molecular complexity index is 559. The average molecular weight is 422 g/mol. The molecule has 21 heavy (non-hydrogen) atoms. The summed E-state index contributed by atoms with van der Waals surface area (Å²) in [5.74, 6) is -1.05. The van der Waals surface area contributed by atoms with Crippen LogP contribution in [0.15, 0.2) is 27.1 Å². The minimum atomic E-state index is -1.27. The van der Waals surface area contributed by atoms with E-state index < -0.39 is 17.5 Å². The highest BCUT2D eigenvalue weighted by atomic mass is 79.9.